The summed E-state index contributed by atoms with van der Waals surface area (Å²) in [6, 6.07) is 0. The van der Waals surface area contributed by atoms with Gasteiger partial charge < -0.3 is 0 Å². The Morgan fingerprint density at radius 3 is 1.93 bits per heavy atom. The molecule has 0 heterocycles. The first-order valence-electron chi connectivity index (χ1n) is 6.51. The van der Waals surface area contributed by atoms with Crippen molar-refractivity contribution in [2.45, 2.75) is 76.9 Å². The normalized spacial score (nSPS) is 13.5. The SMILES string of the molecule is [CH2]C(CCCCCCCCC)[SiH](C)C. The molecular weight excluding hydrogens is 184 g/mol. The maximum absolute atomic E-state index is 4.25. The lowest BCUT2D eigenvalue weighted by molar-refractivity contribution is 0.576. The fourth-order valence-electron chi connectivity index (χ4n) is 1.70. The zero-order chi connectivity index (χ0) is 10.8. The largest absolute Gasteiger partial charge is 0.0720 e. The highest BCUT2D eigenvalue weighted by Gasteiger charge is 2.07. The first kappa shape index (κ1) is 14.2. The van der Waals surface area contributed by atoms with Gasteiger partial charge in [-0.1, -0.05) is 78.3 Å². The van der Waals surface area contributed by atoms with Gasteiger partial charge in [0.2, 0.25) is 0 Å². The van der Waals surface area contributed by atoms with E-state index in [0.717, 1.165) is 5.54 Å². The van der Waals surface area contributed by atoms with E-state index in [-0.39, 0.29) is 0 Å². The van der Waals surface area contributed by atoms with E-state index in [4.69, 9.17) is 0 Å². The minimum atomic E-state index is -0.446. The summed E-state index contributed by atoms with van der Waals surface area (Å²) in [4.78, 5) is 0. The fraction of sp³-hybridized carbons (Fsp3) is 0.923. The van der Waals surface area contributed by atoms with Crippen LogP contribution in [0.4, 0.5) is 0 Å². The van der Waals surface area contributed by atoms with Gasteiger partial charge in [-0.2, -0.15) is 0 Å². The van der Waals surface area contributed by atoms with Gasteiger partial charge in [0.25, 0.3) is 0 Å². The third kappa shape index (κ3) is 8.80. The average Bonchev–Trinajstić information content (AvgIpc) is 2.16. The van der Waals surface area contributed by atoms with Crippen LogP contribution in [-0.4, -0.2) is 8.80 Å². The average molecular weight is 213 g/mol. The maximum Gasteiger partial charge on any atom is 0.0337 e. The summed E-state index contributed by atoms with van der Waals surface area (Å²) >= 11 is 0. The molecule has 0 aromatic heterocycles. The maximum atomic E-state index is 4.25. The lowest BCUT2D eigenvalue weighted by Crippen LogP contribution is -2.08. The molecule has 0 amide bonds. The predicted octanol–water partition coefficient (Wildman–Crippen LogP) is 4.82. The van der Waals surface area contributed by atoms with Crippen molar-refractivity contribution in [2.24, 2.45) is 0 Å². The van der Waals surface area contributed by atoms with Crippen molar-refractivity contribution in [1.82, 2.24) is 0 Å². The minimum absolute atomic E-state index is 0.446. The van der Waals surface area contributed by atoms with Gasteiger partial charge in [-0.25, -0.2) is 0 Å². The van der Waals surface area contributed by atoms with Gasteiger partial charge in [-0.05, 0) is 5.54 Å². The molecule has 0 aliphatic rings. The van der Waals surface area contributed by atoms with Crippen molar-refractivity contribution in [3.63, 3.8) is 0 Å². The quantitative estimate of drug-likeness (QED) is 0.380. The van der Waals surface area contributed by atoms with Gasteiger partial charge in [0.1, 0.15) is 0 Å². The van der Waals surface area contributed by atoms with Gasteiger partial charge in [0, 0.05) is 8.80 Å². The highest BCUT2D eigenvalue weighted by molar-refractivity contribution is 6.57. The molecule has 14 heavy (non-hydrogen) atoms. The van der Waals surface area contributed by atoms with Crippen molar-refractivity contribution < 1.29 is 0 Å². The van der Waals surface area contributed by atoms with Crippen molar-refractivity contribution in [2.75, 3.05) is 0 Å². The number of hydrogen-bond donors (Lipinski definition) is 0. The molecule has 0 aromatic carbocycles. The van der Waals surface area contributed by atoms with Crippen LogP contribution in [0.2, 0.25) is 18.6 Å². The highest BCUT2D eigenvalue weighted by atomic mass is 28.3. The van der Waals surface area contributed by atoms with E-state index in [1.807, 2.05) is 0 Å². The summed E-state index contributed by atoms with van der Waals surface area (Å²) in [6.07, 6.45) is 11.4. The molecule has 0 aliphatic carbocycles. The number of hydrogen-bond acceptors (Lipinski definition) is 0. The first-order valence-corrected chi connectivity index (χ1v) is 9.49. The summed E-state index contributed by atoms with van der Waals surface area (Å²) in [5.41, 5.74) is 0.811. The van der Waals surface area contributed by atoms with E-state index in [0.29, 0.717) is 0 Å². The summed E-state index contributed by atoms with van der Waals surface area (Å²) in [5, 5.41) is 0. The third-order valence-corrected chi connectivity index (χ3v) is 5.34. The topological polar surface area (TPSA) is 0 Å². The van der Waals surface area contributed by atoms with Crippen LogP contribution in [0, 0.1) is 6.92 Å². The van der Waals surface area contributed by atoms with Crippen LogP contribution in [0.5, 0.6) is 0 Å². The Labute approximate surface area is 93.1 Å². The van der Waals surface area contributed by atoms with E-state index in [2.05, 4.69) is 26.9 Å². The fourth-order valence-corrected chi connectivity index (χ4v) is 2.60. The summed E-state index contributed by atoms with van der Waals surface area (Å²) in [6.45, 7) is 11.4. The van der Waals surface area contributed by atoms with E-state index >= 15 is 0 Å². The van der Waals surface area contributed by atoms with Crippen LogP contribution < -0.4 is 0 Å². The van der Waals surface area contributed by atoms with Gasteiger partial charge in [-0.3, -0.25) is 0 Å². The van der Waals surface area contributed by atoms with Crippen LogP contribution in [0.3, 0.4) is 0 Å². The standard InChI is InChI=1S/C13H29Si/c1-5-6-7-8-9-10-11-12-13(2)14(3)4/h13-14H,2,5-12H2,1,3-4H3. The molecule has 0 bridgehead atoms. The molecule has 0 rings (SSSR count). The predicted molar refractivity (Wildman–Crippen MR) is 70.6 cm³/mol. The Morgan fingerprint density at radius 1 is 0.929 bits per heavy atom. The molecule has 1 heteroatoms. The van der Waals surface area contributed by atoms with Crippen molar-refractivity contribution >= 4 is 8.80 Å². The van der Waals surface area contributed by atoms with Crippen LogP contribution in [0.25, 0.3) is 0 Å². The summed E-state index contributed by atoms with van der Waals surface area (Å²) in [5.74, 6) is 0. The van der Waals surface area contributed by atoms with E-state index in [1.54, 1.807) is 0 Å². The first-order chi connectivity index (χ1) is 6.68. The molecule has 0 N–H and O–H groups in total. The van der Waals surface area contributed by atoms with Crippen molar-refractivity contribution in [3.05, 3.63) is 6.92 Å². The highest BCUT2D eigenvalue weighted by Crippen LogP contribution is 2.18. The van der Waals surface area contributed by atoms with E-state index in [9.17, 15) is 0 Å². The third-order valence-electron chi connectivity index (χ3n) is 3.12. The second-order valence-electron chi connectivity index (χ2n) is 4.91. The molecule has 0 saturated carbocycles. The van der Waals surface area contributed by atoms with Gasteiger partial charge in [0.05, 0.1) is 0 Å². The summed E-state index contributed by atoms with van der Waals surface area (Å²) in [7, 11) is -0.446. The lowest BCUT2D eigenvalue weighted by atomic mass is 10.1. The Hall–Kier alpha value is 0.217. The molecule has 0 aromatic rings. The lowest BCUT2D eigenvalue weighted by Gasteiger charge is -2.13. The Balaban J connectivity index is 3.06. The van der Waals surface area contributed by atoms with Crippen LogP contribution in [0.15, 0.2) is 0 Å². The van der Waals surface area contributed by atoms with Crippen LogP contribution in [-0.2, 0) is 0 Å². The van der Waals surface area contributed by atoms with Gasteiger partial charge in [0.15, 0.2) is 0 Å². The Morgan fingerprint density at radius 2 is 1.43 bits per heavy atom. The minimum Gasteiger partial charge on any atom is -0.0720 e. The molecule has 0 nitrogen and oxygen atoms in total. The van der Waals surface area contributed by atoms with E-state index < -0.39 is 8.80 Å². The zero-order valence-corrected chi connectivity index (χ0v) is 11.7. The molecule has 0 fully saturated rings. The molecule has 0 saturated heterocycles. The molecule has 0 spiro atoms. The monoisotopic (exact) mass is 213 g/mol. The molecule has 85 valence electrons. The van der Waals surface area contributed by atoms with Crippen molar-refractivity contribution in [1.29, 1.82) is 0 Å². The molecule has 0 aliphatic heterocycles. The van der Waals surface area contributed by atoms with Crippen molar-refractivity contribution in [3.8, 4) is 0 Å². The van der Waals surface area contributed by atoms with Gasteiger partial charge in [-0.15, -0.1) is 0 Å². The Kier molecular flexibility index (Phi) is 9.91. The molecular formula is C13H29Si. The van der Waals surface area contributed by atoms with E-state index in [1.165, 1.54) is 51.4 Å². The zero-order valence-electron chi connectivity index (χ0n) is 10.5. The molecule has 1 atom stereocenters. The van der Waals surface area contributed by atoms with Crippen LogP contribution in [0.1, 0.15) is 58.3 Å². The van der Waals surface area contributed by atoms with Crippen LogP contribution >= 0.6 is 0 Å². The number of rotatable bonds is 9. The number of unbranched alkanes of at least 4 members (excludes halogenated alkanes) is 6. The molecule has 1 unspecified atom stereocenters. The van der Waals surface area contributed by atoms with Gasteiger partial charge >= 0.3 is 0 Å². The Bertz CT molecular complexity index is 110. The second-order valence-corrected chi connectivity index (χ2v) is 8.34. The molecule has 1 radical (unpaired) electrons. The summed E-state index contributed by atoms with van der Waals surface area (Å²) < 4.78 is 0. The second kappa shape index (κ2) is 9.76. The smallest absolute Gasteiger partial charge is 0.0337 e.